The highest BCUT2D eigenvalue weighted by molar-refractivity contribution is 5.79. The first-order valence-electron chi connectivity index (χ1n) is 5.77. The van der Waals surface area contributed by atoms with Crippen molar-refractivity contribution < 1.29 is 9.53 Å². The van der Waals surface area contributed by atoms with Gasteiger partial charge in [-0.2, -0.15) is 0 Å². The maximum absolute atomic E-state index is 12.1. The monoisotopic (exact) mass is 210 g/mol. The van der Waals surface area contributed by atoms with Gasteiger partial charge < -0.3 is 9.64 Å². The van der Waals surface area contributed by atoms with Gasteiger partial charge in [0, 0.05) is 13.1 Å². The van der Waals surface area contributed by atoms with Gasteiger partial charge in [0.1, 0.15) is 0 Å². The summed E-state index contributed by atoms with van der Waals surface area (Å²) >= 11 is 0. The summed E-state index contributed by atoms with van der Waals surface area (Å²) in [5, 5.41) is 0. The van der Waals surface area contributed by atoms with Crippen LogP contribution in [-0.2, 0) is 9.53 Å². The summed E-state index contributed by atoms with van der Waals surface area (Å²) in [5.41, 5.74) is 0.155. The fraction of sp³-hybridized carbons (Fsp3) is 0.833. The number of carbonyl (C=O) groups excluding carboxylic acids is 1. The third kappa shape index (κ3) is 2.51. The Morgan fingerprint density at radius 2 is 2.33 bits per heavy atom. The van der Waals surface area contributed by atoms with Crippen LogP contribution in [-0.4, -0.2) is 37.1 Å². The Morgan fingerprint density at radius 1 is 1.53 bits per heavy atom. The molecule has 0 aromatic heterocycles. The number of nitrogens with zero attached hydrogens (tertiary/aromatic N) is 1. The number of hydrogen-bond donors (Lipinski definition) is 0. The topological polar surface area (TPSA) is 29.5 Å². The molecule has 1 unspecified atom stereocenters. The molecule has 1 atom stereocenters. The Labute approximate surface area is 91.8 Å². The van der Waals surface area contributed by atoms with E-state index in [9.17, 15) is 4.79 Å². The molecule has 0 aromatic rings. The molecule has 0 saturated carbocycles. The van der Waals surface area contributed by atoms with Crippen molar-refractivity contribution in [2.45, 2.75) is 26.7 Å². The lowest BCUT2D eigenvalue weighted by Crippen LogP contribution is -2.42. The van der Waals surface area contributed by atoms with Gasteiger partial charge in [0.05, 0.1) is 19.1 Å². The largest absolute Gasteiger partial charge is 0.380 e. The third-order valence-electron chi connectivity index (χ3n) is 3.22. The normalized spacial score (nSPS) is 30.5. The molecular formula is C12H20NO2. The number of carbonyl (C=O) groups is 1. The van der Waals surface area contributed by atoms with Crippen LogP contribution in [0.4, 0.5) is 0 Å². The van der Waals surface area contributed by atoms with E-state index >= 15 is 0 Å². The molecule has 0 spiro atoms. The van der Waals surface area contributed by atoms with Crippen LogP contribution in [0.25, 0.3) is 0 Å². The van der Waals surface area contributed by atoms with Crippen LogP contribution in [0.1, 0.15) is 26.7 Å². The quantitative estimate of drug-likeness (QED) is 0.656. The summed E-state index contributed by atoms with van der Waals surface area (Å²) < 4.78 is 5.52. The Bertz CT molecular complexity index is 244. The molecule has 0 bridgehead atoms. The van der Waals surface area contributed by atoms with Gasteiger partial charge in [0.15, 0.2) is 0 Å². The molecule has 0 aliphatic carbocycles. The van der Waals surface area contributed by atoms with Gasteiger partial charge in [0.25, 0.3) is 0 Å². The number of amides is 1. The standard InChI is InChI=1S/C12H20NO2/c1-12(2)7-10(8-15-9-12)11(14)13-5-3-4-6-13/h3,10H,4-9H2,1-2H3. The lowest BCUT2D eigenvalue weighted by molar-refractivity contribution is -0.142. The molecule has 3 nitrogen and oxygen atoms in total. The van der Waals surface area contributed by atoms with Crippen molar-refractivity contribution in [3.63, 3.8) is 0 Å². The van der Waals surface area contributed by atoms with E-state index in [1.165, 1.54) is 0 Å². The Morgan fingerprint density at radius 3 is 2.93 bits per heavy atom. The molecule has 2 rings (SSSR count). The molecule has 2 aliphatic heterocycles. The minimum Gasteiger partial charge on any atom is -0.380 e. The second-order valence-electron chi connectivity index (χ2n) is 5.44. The predicted octanol–water partition coefficient (Wildman–Crippen LogP) is 1.49. The number of rotatable bonds is 1. The van der Waals surface area contributed by atoms with Gasteiger partial charge in [-0.15, -0.1) is 0 Å². The second kappa shape index (κ2) is 4.12. The summed E-state index contributed by atoms with van der Waals surface area (Å²) in [6.45, 7) is 7.46. The van der Waals surface area contributed by atoms with Crippen molar-refractivity contribution in [2.75, 3.05) is 26.3 Å². The average molecular weight is 210 g/mol. The SMILES string of the molecule is CC1(C)COCC(C(=O)N2C[CH]CC2)C1. The first-order chi connectivity index (χ1) is 7.08. The highest BCUT2D eigenvalue weighted by Gasteiger charge is 2.35. The average Bonchev–Trinajstić information content (AvgIpc) is 2.67. The number of likely N-dealkylation sites (tertiary alicyclic amines) is 1. The maximum atomic E-state index is 12.1. The summed E-state index contributed by atoms with van der Waals surface area (Å²) in [4.78, 5) is 14.1. The van der Waals surface area contributed by atoms with Crippen LogP contribution in [0.3, 0.4) is 0 Å². The van der Waals surface area contributed by atoms with E-state index in [1.807, 2.05) is 4.90 Å². The van der Waals surface area contributed by atoms with Gasteiger partial charge in [0.2, 0.25) is 5.91 Å². The molecule has 2 heterocycles. The number of hydrogen-bond acceptors (Lipinski definition) is 2. The molecule has 1 radical (unpaired) electrons. The lowest BCUT2D eigenvalue weighted by atomic mass is 9.81. The first-order valence-corrected chi connectivity index (χ1v) is 5.77. The molecule has 3 heteroatoms. The van der Waals surface area contributed by atoms with Crippen molar-refractivity contribution in [3.05, 3.63) is 6.42 Å². The van der Waals surface area contributed by atoms with E-state index in [2.05, 4.69) is 20.3 Å². The Kier molecular flexibility index (Phi) is 3.01. The van der Waals surface area contributed by atoms with Gasteiger partial charge in [-0.3, -0.25) is 4.79 Å². The zero-order valence-corrected chi connectivity index (χ0v) is 9.66. The van der Waals surface area contributed by atoms with E-state index in [0.717, 1.165) is 32.5 Å². The molecule has 1 amide bonds. The van der Waals surface area contributed by atoms with Crippen molar-refractivity contribution in [3.8, 4) is 0 Å². The van der Waals surface area contributed by atoms with Crippen LogP contribution in [0.5, 0.6) is 0 Å². The van der Waals surface area contributed by atoms with Crippen molar-refractivity contribution >= 4 is 5.91 Å². The van der Waals surface area contributed by atoms with Gasteiger partial charge in [-0.05, 0) is 24.7 Å². The van der Waals surface area contributed by atoms with E-state index in [1.54, 1.807) is 0 Å². The minimum absolute atomic E-state index is 0.0836. The van der Waals surface area contributed by atoms with Crippen molar-refractivity contribution in [1.29, 1.82) is 0 Å². The van der Waals surface area contributed by atoms with E-state index in [0.29, 0.717) is 6.61 Å². The Hall–Kier alpha value is -0.570. The van der Waals surface area contributed by atoms with Crippen LogP contribution >= 0.6 is 0 Å². The zero-order chi connectivity index (χ0) is 10.9. The van der Waals surface area contributed by atoms with Gasteiger partial charge in [-0.25, -0.2) is 0 Å². The number of ether oxygens (including phenoxy) is 1. The summed E-state index contributed by atoms with van der Waals surface area (Å²) in [6.07, 6.45) is 4.18. The molecule has 2 fully saturated rings. The van der Waals surface area contributed by atoms with Gasteiger partial charge in [-0.1, -0.05) is 13.8 Å². The van der Waals surface area contributed by atoms with Crippen molar-refractivity contribution in [1.82, 2.24) is 4.90 Å². The Balaban J connectivity index is 1.94. The maximum Gasteiger partial charge on any atom is 0.228 e. The molecule has 0 aromatic carbocycles. The first kappa shape index (κ1) is 10.9. The van der Waals surface area contributed by atoms with Crippen LogP contribution in [0.2, 0.25) is 0 Å². The molecular weight excluding hydrogens is 190 g/mol. The zero-order valence-electron chi connectivity index (χ0n) is 9.66. The summed E-state index contributed by atoms with van der Waals surface area (Å²) in [5.74, 6) is 0.372. The second-order valence-corrected chi connectivity index (χ2v) is 5.44. The van der Waals surface area contributed by atoms with Crippen molar-refractivity contribution in [2.24, 2.45) is 11.3 Å². The molecule has 15 heavy (non-hydrogen) atoms. The van der Waals surface area contributed by atoms with Crippen LogP contribution in [0, 0.1) is 17.8 Å². The van der Waals surface area contributed by atoms with E-state index in [4.69, 9.17) is 4.74 Å². The van der Waals surface area contributed by atoms with E-state index < -0.39 is 0 Å². The highest BCUT2D eigenvalue weighted by Crippen LogP contribution is 2.32. The van der Waals surface area contributed by atoms with E-state index in [-0.39, 0.29) is 17.2 Å². The molecule has 0 N–H and O–H groups in total. The highest BCUT2D eigenvalue weighted by atomic mass is 16.5. The van der Waals surface area contributed by atoms with Crippen LogP contribution < -0.4 is 0 Å². The minimum atomic E-state index is 0.0836. The molecule has 2 saturated heterocycles. The summed E-state index contributed by atoms with van der Waals surface area (Å²) in [6, 6.07) is 0. The smallest absolute Gasteiger partial charge is 0.228 e. The fourth-order valence-corrected chi connectivity index (χ4v) is 2.46. The summed E-state index contributed by atoms with van der Waals surface area (Å²) in [7, 11) is 0. The predicted molar refractivity (Wildman–Crippen MR) is 58.2 cm³/mol. The fourth-order valence-electron chi connectivity index (χ4n) is 2.46. The van der Waals surface area contributed by atoms with Crippen LogP contribution in [0.15, 0.2) is 0 Å². The lowest BCUT2D eigenvalue weighted by Gasteiger charge is -2.35. The third-order valence-corrected chi connectivity index (χ3v) is 3.22. The van der Waals surface area contributed by atoms with Gasteiger partial charge >= 0.3 is 0 Å². The molecule has 2 aliphatic rings. The molecule has 85 valence electrons.